The molecule has 15 heavy (non-hydrogen) atoms. The van der Waals surface area contributed by atoms with Crippen LogP contribution >= 0.6 is 0 Å². The van der Waals surface area contributed by atoms with E-state index in [9.17, 15) is 4.79 Å². The standard InChI is InChI=1S/C11H18N2O2/c1-4-5-13-8-9(7-12-13)11(2,3)6-10(14)15/h7-8H,4-6H2,1-3H3,(H,14,15). The van der Waals surface area contributed by atoms with E-state index in [1.165, 1.54) is 0 Å². The van der Waals surface area contributed by atoms with Crippen LogP contribution in [0.3, 0.4) is 0 Å². The summed E-state index contributed by atoms with van der Waals surface area (Å²) >= 11 is 0. The van der Waals surface area contributed by atoms with Crippen molar-refractivity contribution in [2.75, 3.05) is 0 Å². The van der Waals surface area contributed by atoms with Gasteiger partial charge in [-0.2, -0.15) is 5.10 Å². The second-order valence-corrected chi connectivity index (χ2v) is 4.45. The molecule has 0 amide bonds. The first-order valence-electron chi connectivity index (χ1n) is 5.20. The highest BCUT2D eigenvalue weighted by atomic mass is 16.4. The van der Waals surface area contributed by atoms with Crippen LogP contribution in [0.5, 0.6) is 0 Å². The number of aryl methyl sites for hydroxylation is 1. The normalized spacial score (nSPS) is 11.7. The van der Waals surface area contributed by atoms with E-state index in [0.29, 0.717) is 0 Å². The molecule has 1 N–H and O–H groups in total. The van der Waals surface area contributed by atoms with E-state index in [2.05, 4.69) is 12.0 Å². The monoisotopic (exact) mass is 210 g/mol. The van der Waals surface area contributed by atoms with Crippen molar-refractivity contribution in [2.24, 2.45) is 0 Å². The predicted molar refractivity (Wildman–Crippen MR) is 57.8 cm³/mol. The van der Waals surface area contributed by atoms with E-state index in [1.54, 1.807) is 6.20 Å². The van der Waals surface area contributed by atoms with Crippen molar-refractivity contribution in [1.82, 2.24) is 9.78 Å². The van der Waals surface area contributed by atoms with Crippen molar-refractivity contribution in [3.8, 4) is 0 Å². The average Bonchev–Trinajstić information content (AvgIpc) is 2.51. The van der Waals surface area contributed by atoms with Gasteiger partial charge in [-0.15, -0.1) is 0 Å². The zero-order valence-corrected chi connectivity index (χ0v) is 9.53. The summed E-state index contributed by atoms with van der Waals surface area (Å²) in [6.07, 6.45) is 4.86. The quantitative estimate of drug-likeness (QED) is 0.809. The van der Waals surface area contributed by atoms with E-state index in [4.69, 9.17) is 5.11 Å². The summed E-state index contributed by atoms with van der Waals surface area (Å²) in [6, 6.07) is 0. The smallest absolute Gasteiger partial charge is 0.304 e. The van der Waals surface area contributed by atoms with Gasteiger partial charge in [0.25, 0.3) is 0 Å². The van der Waals surface area contributed by atoms with Gasteiger partial charge in [0.15, 0.2) is 0 Å². The fourth-order valence-corrected chi connectivity index (χ4v) is 1.54. The van der Waals surface area contributed by atoms with Crippen molar-refractivity contribution in [2.45, 2.75) is 45.6 Å². The molecule has 0 aliphatic heterocycles. The second kappa shape index (κ2) is 4.47. The van der Waals surface area contributed by atoms with Crippen molar-refractivity contribution >= 4 is 5.97 Å². The highest BCUT2D eigenvalue weighted by Gasteiger charge is 2.25. The Morgan fingerprint density at radius 2 is 2.27 bits per heavy atom. The zero-order valence-electron chi connectivity index (χ0n) is 9.53. The number of carbonyl (C=O) groups is 1. The molecule has 0 bridgehead atoms. The summed E-state index contributed by atoms with van der Waals surface area (Å²) in [5, 5.41) is 13.0. The minimum Gasteiger partial charge on any atom is -0.481 e. The Bertz CT molecular complexity index is 342. The molecule has 0 saturated heterocycles. The molecule has 0 spiro atoms. The Hall–Kier alpha value is -1.32. The third kappa shape index (κ3) is 3.08. The van der Waals surface area contributed by atoms with Gasteiger partial charge >= 0.3 is 5.97 Å². The van der Waals surface area contributed by atoms with E-state index in [1.807, 2.05) is 24.7 Å². The van der Waals surface area contributed by atoms with Crippen LogP contribution in [0, 0.1) is 0 Å². The Labute approximate surface area is 89.9 Å². The van der Waals surface area contributed by atoms with Gasteiger partial charge in [0.2, 0.25) is 0 Å². The van der Waals surface area contributed by atoms with Crippen molar-refractivity contribution < 1.29 is 9.90 Å². The van der Waals surface area contributed by atoms with Crippen molar-refractivity contribution in [3.05, 3.63) is 18.0 Å². The van der Waals surface area contributed by atoms with Gasteiger partial charge in [-0.1, -0.05) is 20.8 Å². The van der Waals surface area contributed by atoms with Crippen LogP contribution in [0.4, 0.5) is 0 Å². The first-order valence-corrected chi connectivity index (χ1v) is 5.20. The summed E-state index contributed by atoms with van der Waals surface area (Å²) < 4.78 is 1.86. The Morgan fingerprint density at radius 1 is 1.60 bits per heavy atom. The lowest BCUT2D eigenvalue weighted by atomic mass is 9.83. The van der Waals surface area contributed by atoms with Crippen molar-refractivity contribution in [1.29, 1.82) is 0 Å². The van der Waals surface area contributed by atoms with Gasteiger partial charge in [-0.3, -0.25) is 9.48 Å². The van der Waals surface area contributed by atoms with Gasteiger partial charge in [0.05, 0.1) is 12.6 Å². The lowest BCUT2D eigenvalue weighted by Gasteiger charge is -2.20. The molecule has 0 saturated carbocycles. The lowest BCUT2D eigenvalue weighted by molar-refractivity contribution is -0.138. The van der Waals surface area contributed by atoms with E-state index in [0.717, 1.165) is 18.5 Å². The Balaban J connectivity index is 2.80. The van der Waals surface area contributed by atoms with Crippen LogP contribution in [0.1, 0.15) is 39.2 Å². The largest absolute Gasteiger partial charge is 0.481 e. The van der Waals surface area contributed by atoms with E-state index >= 15 is 0 Å². The molecule has 1 heterocycles. The van der Waals surface area contributed by atoms with E-state index < -0.39 is 5.97 Å². The molecule has 0 aliphatic rings. The lowest BCUT2D eigenvalue weighted by Crippen LogP contribution is -2.21. The molecule has 4 nitrogen and oxygen atoms in total. The number of aliphatic carboxylic acids is 1. The van der Waals surface area contributed by atoms with Gasteiger partial charge < -0.3 is 5.11 Å². The summed E-state index contributed by atoms with van der Waals surface area (Å²) in [5.74, 6) is -0.775. The Kier molecular flexibility index (Phi) is 3.50. The number of rotatable bonds is 5. The molecular formula is C11H18N2O2. The van der Waals surface area contributed by atoms with Gasteiger partial charge in [-0.25, -0.2) is 0 Å². The average molecular weight is 210 g/mol. The number of carboxylic acid groups (broad SMARTS) is 1. The minimum absolute atomic E-state index is 0.130. The van der Waals surface area contributed by atoms with Crippen molar-refractivity contribution in [3.63, 3.8) is 0 Å². The highest BCUT2D eigenvalue weighted by Crippen LogP contribution is 2.26. The SMILES string of the molecule is CCCn1cc(C(C)(C)CC(=O)O)cn1. The maximum Gasteiger partial charge on any atom is 0.304 e. The van der Waals surface area contributed by atoms with Gasteiger partial charge in [0.1, 0.15) is 0 Å². The Morgan fingerprint density at radius 3 is 2.80 bits per heavy atom. The fourth-order valence-electron chi connectivity index (χ4n) is 1.54. The molecule has 84 valence electrons. The molecule has 0 fully saturated rings. The first kappa shape index (κ1) is 11.8. The maximum atomic E-state index is 10.7. The van der Waals surface area contributed by atoms with Crippen LogP contribution in [0.25, 0.3) is 0 Å². The second-order valence-electron chi connectivity index (χ2n) is 4.45. The van der Waals surface area contributed by atoms with Crippen LogP contribution in [-0.2, 0) is 16.8 Å². The highest BCUT2D eigenvalue weighted by molar-refractivity contribution is 5.68. The molecule has 1 aromatic rings. The van der Waals surface area contributed by atoms with Crippen LogP contribution in [0.15, 0.2) is 12.4 Å². The summed E-state index contributed by atoms with van der Waals surface area (Å²) in [5.41, 5.74) is 0.635. The molecular weight excluding hydrogens is 192 g/mol. The maximum absolute atomic E-state index is 10.7. The molecule has 4 heteroatoms. The minimum atomic E-state index is -0.775. The molecule has 0 unspecified atom stereocenters. The molecule has 0 aromatic carbocycles. The number of hydrogen-bond donors (Lipinski definition) is 1. The summed E-state index contributed by atoms with van der Waals surface area (Å²) in [6.45, 7) is 6.82. The molecule has 0 atom stereocenters. The topological polar surface area (TPSA) is 55.1 Å². The first-order chi connectivity index (χ1) is 6.95. The van der Waals surface area contributed by atoms with Crippen LogP contribution < -0.4 is 0 Å². The van der Waals surface area contributed by atoms with Gasteiger partial charge in [-0.05, 0) is 12.0 Å². The fraction of sp³-hybridized carbons (Fsp3) is 0.636. The molecule has 1 aromatic heterocycles. The predicted octanol–water partition coefficient (Wildman–Crippen LogP) is 2.05. The zero-order chi connectivity index (χ0) is 11.5. The summed E-state index contributed by atoms with van der Waals surface area (Å²) in [7, 11) is 0. The third-order valence-corrected chi connectivity index (χ3v) is 2.46. The molecule has 0 radical (unpaired) electrons. The number of hydrogen-bond acceptors (Lipinski definition) is 2. The van der Waals surface area contributed by atoms with Crippen LogP contribution in [0.2, 0.25) is 0 Å². The molecule has 1 rings (SSSR count). The number of nitrogens with zero attached hydrogens (tertiary/aromatic N) is 2. The van der Waals surface area contributed by atoms with Gasteiger partial charge in [0, 0.05) is 18.2 Å². The number of aromatic nitrogens is 2. The molecule has 0 aliphatic carbocycles. The third-order valence-electron chi connectivity index (χ3n) is 2.46. The summed E-state index contributed by atoms with van der Waals surface area (Å²) in [4.78, 5) is 10.7. The number of carboxylic acids is 1. The van der Waals surface area contributed by atoms with Crippen LogP contribution in [-0.4, -0.2) is 20.9 Å². The van der Waals surface area contributed by atoms with E-state index in [-0.39, 0.29) is 11.8 Å².